The van der Waals surface area contributed by atoms with Crippen LogP contribution in [0.1, 0.15) is 76.0 Å². The molecule has 0 aliphatic carbocycles. The fourth-order valence-corrected chi connectivity index (χ4v) is 7.91. The Balaban J connectivity index is 1.50. The van der Waals surface area contributed by atoms with Gasteiger partial charge < -0.3 is 4.57 Å². The van der Waals surface area contributed by atoms with E-state index >= 15 is 0 Å². The molecule has 260 valence electrons. The third-order valence-corrected chi connectivity index (χ3v) is 10.2. The molecule has 0 fully saturated rings. The molecule has 52 heavy (non-hydrogen) atoms. The van der Waals surface area contributed by atoms with Crippen LogP contribution in [0, 0.1) is 0 Å². The van der Waals surface area contributed by atoms with E-state index in [0.717, 1.165) is 65.9 Å². The first-order valence-corrected chi connectivity index (χ1v) is 18.9. The summed E-state index contributed by atoms with van der Waals surface area (Å²) in [7, 11) is 0. The van der Waals surface area contributed by atoms with Crippen LogP contribution in [0.3, 0.4) is 0 Å². The van der Waals surface area contributed by atoms with E-state index in [9.17, 15) is 0 Å². The molecule has 1 atom stereocenters. The van der Waals surface area contributed by atoms with E-state index in [2.05, 4.69) is 182 Å². The van der Waals surface area contributed by atoms with E-state index in [4.69, 9.17) is 11.6 Å². The molecule has 5 aromatic carbocycles. The fourth-order valence-electron chi connectivity index (χ4n) is 7.91. The lowest BCUT2D eigenvalue weighted by Gasteiger charge is -2.21. The maximum absolute atomic E-state index is 5.62. The van der Waals surface area contributed by atoms with Crippen LogP contribution in [-0.2, 0) is 6.42 Å². The zero-order valence-electron chi connectivity index (χ0n) is 31.0. The summed E-state index contributed by atoms with van der Waals surface area (Å²) >= 11 is 0. The molecule has 1 unspecified atom stereocenters. The summed E-state index contributed by atoms with van der Waals surface area (Å²) in [5.41, 5.74) is 10.2. The van der Waals surface area contributed by atoms with Gasteiger partial charge in [-0.1, -0.05) is 149 Å². The quantitative estimate of drug-likeness (QED) is 0.0697. The van der Waals surface area contributed by atoms with Crippen LogP contribution in [0.4, 0.5) is 0 Å². The second-order valence-electron chi connectivity index (χ2n) is 13.7. The summed E-state index contributed by atoms with van der Waals surface area (Å²) in [5, 5.41) is 4.90. The fraction of sp³-hybridized carbons (Fsp3) is 0.204. The number of aliphatic imine (C=N–C) groups is 1. The molecule has 0 radical (unpaired) electrons. The molecule has 0 saturated carbocycles. The van der Waals surface area contributed by atoms with Crippen molar-refractivity contribution >= 4 is 60.8 Å². The number of para-hydroxylation sites is 4. The second kappa shape index (κ2) is 15.7. The summed E-state index contributed by atoms with van der Waals surface area (Å²) in [6.07, 6.45) is 16.6. The lowest BCUT2D eigenvalue weighted by Crippen LogP contribution is -2.12. The summed E-state index contributed by atoms with van der Waals surface area (Å²) in [6.45, 7) is 13.6. The van der Waals surface area contributed by atoms with Gasteiger partial charge in [-0.3, -0.25) is 4.57 Å². The number of benzene rings is 5. The predicted molar refractivity (Wildman–Crippen MR) is 227 cm³/mol. The number of fused-ring (bicyclic) bond motifs is 6. The smallest absolute Gasteiger partial charge is 0.140 e. The Labute approximate surface area is 308 Å². The Kier molecular flexibility index (Phi) is 10.5. The van der Waals surface area contributed by atoms with Crippen molar-refractivity contribution in [3.63, 3.8) is 0 Å². The summed E-state index contributed by atoms with van der Waals surface area (Å²) in [6, 6.07) is 41.5. The van der Waals surface area contributed by atoms with Gasteiger partial charge in [-0.25, -0.2) is 4.99 Å². The molecule has 0 amide bonds. The Bertz CT molecular complexity index is 2400. The number of unbranched alkanes of at least 4 members (excludes halogenated alkanes) is 1. The van der Waals surface area contributed by atoms with E-state index in [1.807, 2.05) is 0 Å². The topological polar surface area (TPSA) is 22.2 Å². The largest absolute Gasteiger partial charge is 0.313 e. The summed E-state index contributed by atoms with van der Waals surface area (Å²) in [5.74, 6) is 1.12. The van der Waals surface area contributed by atoms with Crippen LogP contribution < -0.4 is 0 Å². The van der Waals surface area contributed by atoms with Gasteiger partial charge in [0.15, 0.2) is 0 Å². The average molecular weight is 680 g/mol. The molecule has 0 bridgehead atoms. The Morgan fingerprint density at radius 3 is 1.73 bits per heavy atom. The molecule has 0 aliphatic heterocycles. The number of rotatable bonds is 12. The Hall–Kier alpha value is -5.67. The van der Waals surface area contributed by atoms with Crippen molar-refractivity contribution in [3.05, 3.63) is 169 Å². The van der Waals surface area contributed by atoms with Gasteiger partial charge in [-0.15, -0.1) is 0 Å². The number of nitrogens with zero attached hydrogens (tertiary/aromatic N) is 3. The van der Waals surface area contributed by atoms with E-state index in [-0.39, 0.29) is 5.92 Å². The van der Waals surface area contributed by atoms with Gasteiger partial charge in [-0.2, -0.15) is 0 Å². The maximum Gasteiger partial charge on any atom is 0.140 e. The minimum absolute atomic E-state index is 0.281. The first-order chi connectivity index (χ1) is 25.5. The first kappa shape index (κ1) is 34.8. The normalized spacial score (nSPS) is 13.5. The minimum atomic E-state index is 0.281. The highest BCUT2D eigenvalue weighted by atomic mass is 15.1. The van der Waals surface area contributed by atoms with Crippen LogP contribution in [0.2, 0.25) is 0 Å². The average Bonchev–Trinajstić information content (AvgIpc) is 3.69. The molecule has 7 aromatic rings. The summed E-state index contributed by atoms with van der Waals surface area (Å²) < 4.78 is 4.70. The number of hydrogen-bond donors (Lipinski definition) is 0. The molecular formula is C49H49N3. The van der Waals surface area contributed by atoms with Gasteiger partial charge in [0.1, 0.15) is 5.84 Å². The molecule has 0 N–H and O–H groups in total. The van der Waals surface area contributed by atoms with Crippen molar-refractivity contribution in [2.45, 2.75) is 65.7 Å². The van der Waals surface area contributed by atoms with Crippen LogP contribution in [0.15, 0.2) is 157 Å². The van der Waals surface area contributed by atoms with Crippen molar-refractivity contribution in [2.24, 2.45) is 4.99 Å². The number of aromatic nitrogens is 2. The van der Waals surface area contributed by atoms with Crippen LogP contribution in [0.25, 0.3) is 55.0 Å². The van der Waals surface area contributed by atoms with Crippen LogP contribution >= 0.6 is 0 Å². The molecule has 0 saturated heterocycles. The lowest BCUT2D eigenvalue weighted by molar-refractivity contribution is 0.714. The molecular weight excluding hydrogens is 631 g/mol. The Morgan fingerprint density at radius 2 is 1.21 bits per heavy atom. The lowest BCUT2D eigenvalue weighted by atomic mass is 9.86. The summed E-state index contributed by atoms with van der Waals surface area (Å²) in [4.78, 5) is 5.62. The van der Waals surface area contributed by atoms with E-state index in [1.54, 1.807) is 0 Å². The molecule has 0 spiro atoms. The van der Waals surface area contributed by atoms with Gasteiger partial charge >= 0.3 is 0 Å². The number of hydrogen-bond acceptors (Lipinski definition) is 1. The third kappa shape index (κ3) is 6.60. The van der Waals surface area contributed by atoms with Gasteiger partial charge in [0.25, 0.3) is 0 Å². The van der Waals surface area contributed by atoms with Crippen molar-refractivity contribution in [1.82, 2.24) is 9.13 Å². The van der Waals surface area contributed by atoms with Gasteiger partial charge in [0.2, 0.25) is 0 Å². The standard InChI is InChI=1S/C49H49N3/c1-6-9-10-11-23-38-24-20-29-39(37(21-7-2)22-8-3)49(38)36(5)50-48(52-46-32-18-14-27-42(46)43-28-15-19-33-47(43)52)34-35(4)51-44-30-16-12-25-40(44)41-26-13-17-31-45(41)51/h7,10-21,24-34,37H,5-6,8-9,22-23H2,1-4H3/b11-10-,21-7-,35-34+,50-48+. The minimum Gasteiger partial charge on any atom is -0.313 e. The van der Waals surface area contributed by atoms with E-state index < -0.39 is 0 Å². The van der Waals surface area contributed by atoms with E-state index in [1.165, 1.54) is 43.7 Å². The van der Waals surface area contributed by atoms with Gasteiger partial charge in [0.05, 0.1) is 27.8 Å². The van der Waals surface area contributed by atoms with Gasteiger partial charge in [0, 0.05) is 44.8 Å². The van der Waals surface area contributed by atoms with Crippen molar-refractivity contribution in [1.29, 1.82) is 0 Å². The van der Waals surface area contributed by atoms with Gasteiger partial charge in [-0.05, 0) is 68.5 Å². The number of allylic oxidation sites excluding steroid dienone is 6. The Morgan fingerprint density at radius 1 is 0.673 bits per heavy atom. The predicted octanol–water partition coefficient (Wildman–Crippen LogP) is 13.7. The highest BCUT2D eigenvalue weighted by Crippen LogP contribution is 2.36. The highest BCUT2D eigenvalue weighted by Gasteiger charge is 2.20. The SMILES string of the molecule is C=C(/N=C(\C=C(/C)n1c2ccccc2c2ccccc21)n1c2ccccc2c2ccccc21)c1c(C/C=C\CCC)cccc1C(/C=C\C)CCC. The molecule has 2 heterocycles. The molecule has 2 aromatic heterocycles. The molecule has 3 nitrogen and oxygen atoms in total. The van der Waals surface area contributed by atoms with Crippen LogP contribution in [0.5, 0.6) is 0 Å². The maximum atomic E-state index is 5.62. The van der Waals surface area contributed by atoms with Crippen molar-refractivity contribution in [2.75, 3.05) is 0 Å². The highest BCUT2D eigenvalue weighted by molar-refractivity contribution is 6.18. The molecule has 7 rings (SSSR count). The monoisotopic (exact) mass is 679 g/mol. The second-order valence-corrected chi connectivity index (χ2v) is 13.7. The van der Waals surface area contributed by atoms with Crippen molar-refractivity contribution < 1.29 is 0 Å². The zero-order valence-corrected chi connectivity index (χ0v) is 31.0. The third-order valence-electron chi connectivity index (χ3n) is 10.2. The first-order valence-electron chi connectivity index (χ1n) is 18.9. The van der Waals surface area contributed by atoms with E-state index in [0.29, 0.717) is 0 Å². The molecule has 3 heteroatoms. The van der Waals surface area contributed by atoms with Crippen molar-refractivity contribution in [3.8, 4) is 0 Å². The zero-order chi connectivity index (χ0) is 36.0. The van der Waals surface area contributed by atoms with Crippen LogP contribution in [-0.4, -0.2) is 15.0 Å². The molecule has 0 aliphatic rings.